The van der Waals surface area contributed by atoms with Gasteiger partial charge >= 0.3 is 12.1 Å². The lowest BCUT2D eigenvalue weighted by Crippen LogP contribution is -2.42. The molecule has 1 amide bonds. The minimum absolute atomic E-state index is 0.172. The van der Waals surface area contributed by atoms with Crippen molar-refractivity contribution in [1.82, 2.24) is 5.32 Å². The number of amides is 1. The van der Waals surface area contributed by atoms with Crippen molar-refractivity contribution in [2.75, 3.05) is 0 Å². The summed E-state index contributed by atoms with van der Waals surface area (Å²) in [7, 11) is 0. The van der Waals surface area contributed by atoms with Gasteiger partial charge in [0, 0.05) is 6.54 Å². The Balaban J connectivity index is 0.000000604. The van der Waals surface area contributed by atoms with Crippen molar-refractivity contribution in [3.05, 3.63) is 99.6 Å². The predicted molar refractivity (Wildman–Crippen MR) is 135 cm³/mol. The molecule has 5 N–H and O–H groups in total. The molecule has 0 saturated carbocycles. The van der Waals surface area contributed by atoms with Crippen LogP contribution >= 0.6 is 0 Å². The van der Waals surface area contributed by atoms with Gasteiger partial charge in [-0.1, -0.05) is 48.5 Å². The summed E-state index contributed by atoms with van der Waals surface area (Å²) in [6, 6.07) is 19.5. The van der Waals surface area contributed by atoms with Crippen LogP contribution in [0.1, 0.15) is 38.9 Å². The lowest BCUT2D eigenvalue weighted by atomic mass is 9.96. The molecule has 198 valence electrons. The topological polar surface area (TPSA) is 113 Å². The number of nitrogens with one attached hydrogen (secondary N) is 1. The highest BCUT2D eigenvalue weighted by Gasteiger charge is 2.38. The number of phenolic OH excluding ortho intramolecular Hbond substituents is 1. The fourth-order valence-electron chi connectivity index (χ4n) is 3.78. The number of nitrogens with two attached hydrogens (primary N) is 1. The molecule has 0 aliphatic heterocycles. The molecule has 37 heavy (non-hydrogen) atoms. The smallest absolute Gasteiger partial charge is 0.490 e. The highest BCUT2D eigenvalue weighted by atomic mass is 19.4. The number of carbonyl (C=O) groups excluding carboxylic acids is 1. The molecule has 3 aromatic rings. The standard InChI is InChI=1S/C26H30N2O2.C2HF3O2/c1-17-9-10-21(13-20-7-5-4-6-8-20)14-22(17)16-28-26(30)25(27)15-24-18(2)11-23(29)12-19(24)3;3-2(4,5)1(6)7/h4-12,14,25,29H,13,15-16,27H2,1-3H3,(H,28,30);(H,6,7)/t25-;/m0./s1. The number of hydrogen-bond acceptors (Lipinski definition) is 4. The maximum absolute atomic E-state index is 12.6. The summed E-state index contributed by atoms with van der Waals surface area (Å²) in [5.74, 6) is -2.69. The van der Waals surface area contributed by atoms with E-state index in [1.807, 2.05) is 32.0 Å². The van der Waals surface area contributed by atoms with E-state index in [-0.39, 0.29) is 11.7 Å². The molecule has 0 radical (unpaired) electrons. The van der Waals surface area contributed by atoms with Gasteiger partial charge in [-0.3, -0.25) is 4.79 Å². The number of halogens is 3. The van der Waals surface area contributed by atoms with Crippen LogP contribution in [-0.2, 0) is 29.0 Å². The molecule has 0 bridgehead atoms. The van der Waals surface area contributed by atoms with Crippen molar-refractivity contribution in [2.24, 2.45) is 5.73 Å². The van der Waals surface area contributed by atoms with E-state index >= 15 is 0 Å². The molecule has 0 aliphatic carbocycles. The van der Waals surface area contributed by atoms with Crippen LogP contribution in [0.15, 0.2) is 60.7 Å². The number of rotatable bonds is 7. The summed E-state index contributed by atoms with van der Waals surface area (Å²) in [5.41, 5.74) is 13.8. The van der Waals surface area contributed by atoms with E-state index in [0.29, 0.717) is 13.0 Å². The van der Waals surface area contributed by atoms with Crippen molar-refractivity contribution in [3.63, 3.8) is 0 Å². The molecular weight excluding hydrogens is 485 g/mol. The van der Waals surface area contributed by atoms with E-state index in [1.165, 1.54) is 11.1 Å². The largest absolute Gasteiger partial charge is 0.508 e. The summed E-state index contributed by atoms with van der Waals surface area (Å²) in [6.45, 7) is 6.36. The van der Waals surface area contributed by atoms with Crippen molar-refractivity contribution in [1.29, 1.82) is 0 Å². The van der Waals surface area contributed by atoms with Crippen molar-refractivity contribution in [2.45, 2.75) is 52.4 Å². The molecule has 3 aromatic carbocycles. The van der Waals surface area contributed by atoms with Crippen LogP contribution in [0.2, 0.25) is 0 Å². The molecule has 1 atom stereocenters. The summed E-state index contributed by atoms with van der Waals surface area (Å²) >= 11 is 0. The van der Waals surface area contributed by atoms with E-state index in [0.717, 1.165) is 34.2 Å². The first kappa shape index (κ1) is 29.4. The number of benzene rings is 3. The van der Waals surface area contributed by atoms with Crippen molar-refractivity contribution < 1.29 is 33.0 Å². The third-order valence-electron chi connectivity index (χ3n) is 5.80. The molecule has 0 heterocycles. The Morgan fingerprint density at radius 1 is 0.919 bits per heavy atom. The second-order valence-corrected chi connectivity index (χ2v) is 8.81. The van der Waals surface area contributed by atoms with E-state index in [9.17, 15) is 23.1 Å². The molecule has 6 nitrogen and oxygen atoms in total. The fraction of sp³-hybridized carbons (Fsp3) is 0.286. The number of carboxylic acids is 1. The Hall–Kier alpha value is -3.85. The summed E-state index contributed by atoms with van der Waals surface area (Å²) in [5, 5.41) is 19.8. The van der Waals surface area contributed by atoms with Gasteiger partial charge in [-0.15, -0.1) is 0 Å². The summed E-state index contributed by atoms with van der Waals surface area (Å²) < 4.78 is 31.7. The third-order valence-corrected chi connectivity index (χ3v) is 5.80. The average molecular weight is 517 g/mol. The number of alkyl halides is 3. The Kier molecular flexibility index (Phi) is 10.3. The molecule has 0 aromatic heterocycles. The van der Waals surface area contributed by atoms with Crippen LogP contribution in [0.25, 0.3) is 0 Å². The second kappa shape index (κ2) is 12.9. The van der Waals surface area contributed by atoms with Crippen LogP contribution < -0.4 is 11.1 Å². The van der Waals surface area contributed by atoms with Crippen LogP contribution in [0.5, 0.6) is 5.75 Å². The second-order valence-electron chi connectivity index (χ2n) is 8.81. The number of hydrogen-bond donors (Lipinski definition) is 4. The Labute approximate surface area is 213 Å². The monoisotopic (exact) mass is 516 g/mol. The van der Waals surface area contributed by atoms with Crippen LogP contribution in [0, 0.1) is 20.8 Å². The number of carbonyl (C=O) groups is 2. The van der Waals surface area contributed by atoms with Crippen LogP contribution in [0.3, 0.4) is 0 Å². The SMILES string of the molecule is Cc1ccc(Cc2ccccc2)cc1CNC(=O)[C@@H](N)Cc1c(C)cc(O)cc1C.O=C(O)C(F)(F)F. The van der Waals surface area contributed by atoms with Gasteiger partial charge < -0.3 is 21.3 Å². The van der Waals surface area contributed by atoms with Crippen LogP contribution in [-0.4, -0.2) is 34.3 Å². The molecule has 0 unspecified atom stereocenters. The Morgan fingerprint density at radius 2 is 1.49 bits per heavy atom. The normalized spacial score (nSPS) is 11.8. The highest BCUT2D eigenvalue weighted by Crippen LogP contribution is 2.22. The van der Waals surface area contributed by atoms with E-state index < -0.39 is 18.2 Å². The molecule has 3 rings (SSSR count). The molecule has 0 aliphatic rings. The van der Waals surface area contributed by atoms with Gasteiger partial charge in [-0.25, -0.2) is 4.79 Å². The first-order valence-electron chi connectivity index (χ1n) is 11.5. The summed E-state index contributed by atoms with van der Waals surface area (Å²) in [6.07, 6.45) is -3.78. The quantitative estimate of drug-likeness (QED) is 0.363. The number of phenols is 1. The molecular formula is C28H31F3N2O4. The number of carboxylic acid groups (broad SMARTS) is 1. The Morgan fingerprint density at radius 3 is 2.03 bits per heavy atom. The van der Waals surface area contributed by atoms with E-state index in [4.69, 9.17) is 15.6 Å². The summed E-state index contributed by atoms with van der Waals surface area (Å²) in [4.78, 5) is 21.5. The van der Waals surface area contributed by atoms with Gasteiger partial charge in [0.2, 0.25) is 5.91 Å². The fourth-order valence-corrected chi connectivity index (χ4v) is 3.78. The lowest BCUT2D eigenvalue weighted by molar-refractivity contribution is -0.192. The minimum atomic E-state index is -5.08. The Bertz CT molecular complexity index is 1200. The van der Waals surface area contributed by atoms with Gasteiger partial charge in [0.15, 0.2) is 0 Å². The molecule has 0 spiro atoms. The van der Waals surface area contributed by atoms with Crippen molar-refractivity contribution in [3.8, 4) is 5.75 Å². The zero-order chi connectivity index (χ0) is 27.8. The number of aryl methyl sites for hydroxylation is 3. The minimum Gasteiger partial charge on any atom is -0.508 e. The first-order chi connectivity index (χ1) is 17.3. The van der Waals surface area contributed by atoms with Gasteiger partial charge in [0.25, 0.3) is 0 Å². The lowest BCUT2D eigenvalue weighted by Gasteiger charge is -2.17. The van der Waals surface area contributed by atoms with Crippen LogP contribution in [0.4, 0.5) is 13.2 Å². The molecule has 9 heteroatoms. The van der Waals surface area contributed by atoms with Gasteiger partial charge in [0.05, 0.1) is 6.04 Å². The van der Waals surface area contributed by atoms with E-state index in [1.54, 1.807) is 12.1 Å². The van der Waals surface area contributed by atoms with Gasteiger partial charge in [0.1, 0.15) is 5.75 Å². The maximum atomic E-state index is 12.6. The van der Waals surface area contributed by atoms with Crippen molar-refractivity contribution >= 4 is 11.9 Å². The predicted octanol–water partition coefficient (Wildman–Crippen LogP) is 4.73. The average Bonchev–Trinajstić information content (AvgIpc) is 2.81. The highest BCUT2D eigenvalue weighted by molar-refractivity contribution is 5.82. The molecule has 0 fully saturated rings. The zero-order valence-electron chi connectivity index (χ0n) is 20.9. The third kappa shape index (κ3) is 9.27. The van der Waals surface area contributed by atoms with Gasteiger partial charge in [-0.05, 0) is 84.7 Å². The number of aromatic hydroxyl groups is 1. The zero-order valence-corrected chi connectivity index (χ0v) is 20.9. The van der Waals surface area contributed by atoms with E-state index in [2.05, 4.69) is 42.6 Å². The number of aliphatic carboxylic acids is 1. The molecule has 0 saturated heterocycles. The van der Waals surface area contributed by atoms with Gasteiger partial charge in [-0.2, -0.15) is 13.2 Å². The first-order valence-corrected chi connectivity index (χ1v) is 11.5. The maximum Gasteiger partial charge on any atom is 0.490 e.